The summed E-state index contributed by atoms with van der Waals surface area (Å²) in [6, 6.07) is 11.2. The van der Waals surface area contributed by atoms with Gasteiger partial charge in [-0.1, -0.05) is 30.3 Å². The Hall–Kier alpha value is -2.48. The Morgan fingerprint density at radius 3 is 2.19 bits per heavy atom. The van der Waals surface area contributed by atoms with E-state index in [1.807, 2.05) is 30.3 Å². The third kappa shape index (κ3) is 3.54. The van der Waals surface area contributed by atoms with Gasteiger partial charge in [0.15, 0.2) is 5.75 Å². The molecule has 2 aromatic rings. The van der Waals surface area contributed by atoms with Crippen LogP contribution in [0.4, 0.5) is 11.4 Å². The Kier molecular flexibility index (Phi) is 4.49. The van der Waals surface area contributed by atoms with Gasteiger partial charge in [0.2, 0.25) is 0 Å². The van der Waals surface area contributed by atoms with Crippen LogP contribution in [0.15, 0.2) is 46.9 Å². The van der Waals surface area contributed by atoms with Crippen molar-refractivity contribution >= 4 is 27.3 Å². The lowest BCUT2D eigenvalue weighted by atomic mass is 10.2. The number of hydrogen-bond acceptors (Lipinski definition) is 5. The molecule has 108 valence electrons. The molecule has 0 saturated heterocycles. The van der Waals surface area contributed by atoms with Crippen molar-refractivity contribution in [3.63, 3.8) is 0 Å². The molecule has 7 nitrogen and oxygen atoms in total. The fourth-order valence-electron chi connectivity index (χ4n) is 1.67. The van der Waals surface area contributed by atoms with Gasteiger partial charge >= 0.3 is 5.69 Å². The highest BCUT2D eigenvalue weighted by Crippen LogP contribution is 2.37. The molecule has 0 saturated carbocycles. The summed E-state index contributed by atoms with van der Waals surface area (Å²) >= 11 is 3.01. The molecular formula is C13H9BrN2O5. The second-order valence-electron chi connectivity index (χ2n) is 4.06. The summed E-state index contributed by atoms with van der Waals surface area (Å²) in [5.74, 6) is -0.0265. The molecule has 8 heteroatoms. The Morgan fingerprint density at radius 1 is 1.00 bits per heavy atom. The van der Waals surface area contributed by atoms with Gasteiger partial charge < -0.3 is 4.74 Å². The largest absolute Gasteiger partial charge is 0.482 e. The summed E-state index contributed by atoms with van der Waals surface area (Å²) in [7, 11) is 0. The van der Waals surface area contributed by atoms with E-state index < -0.39 is 15.5 Å². The maximum atomic E-state index is 11.0. The van der Waals surface area contributed by atoms with E-state index in [-0.39, 0.29) is 22.5 Å². The van der Waals surface area contributed by atoms with E-state index in [1.54, 1.807) is 0 Å². The fraction of sp³-hybridized carbons (Fsp3) is 0.0769. The Labute approximate surface area is 127 Å². The molecular weight excluding hydrogens is 344 g/mol. The van der Waals surface area contributed by atoms with E-state index in [2.05, 4.69) is 15.9 Å². The van der Waals surface area contributed by atoms with Crippen molar-refractivity contribution < 1.29 is 14.6 Å². The van der Waals surface area contributed by atoms with Gasteiger partial charge in [-0.05, 0) is 21.5 Å². The SMILES string of the molecule is O=[N+]([O-])c1cc([N+](=O)[O-])c(OCc2ccccc2)cc1Br. The molecule has 0 fully saturated rings. The molecule has 0 aliphatic carbocycles. The average Bonchev–Trinajstić information content (AvgIpc) is 2.45. The summed E-state index contributed by atoms with van der Waals surface area (Å²) in [5, 5.41) is 21.8. The first kappa shape index (κ1) is 14.9. The zero-order valence-corrected chi connectivity index (χ0v) is 12.1. The molecule has 0 N–H and O–H groups in total. The normalized spacial score (nSPS) is 10.1. The molecule has 0 aliphatic heterocycles. The van der Waals surface area contributed by atoms with Crippen molar-refractivity contribution in [3.8, 4) is 5.75 Å². The Balaban J connectivity index is 2.32. The summed E-state index contributed by atoms with van der Waals surface area (Å²) in [5.41, 5.74) is 0.0101. The monoisotopic (exact) mass is 352 g/mol. The lowest BCUT2D eigenvalue weighted by molar-refractivity contribution is -0.395. The van der Waals surface area contributed by atoms with Gasteiger partial charge in [-0.25, -0.2) is 0 Å². The second-order valence-corrected chi connectivity index (χ2v) is 4.91. The van der Waals surface area contributed by atoms with E-state index >= 15 is 0 Å². The van der Waals surface area contributed by atoms with Crippen LogP contribution in [-0.2, 0) is 6.61 Å². The number of halogens is 1. The van der Waals surface area contributed by atoms with Gasteiger partial charge in [-0.3, -0.25) is 20.2 Å². The Morgan fingerprint density at radius 2 is 1.62 bits per heavy atom. The van der Waals surface area contributed by atoms with Gasteiger partial charge in [0.25, 0.3) is 5.69 Å². The molecule has 0 amide bonds. The summed E-state index contributed by atoms with van der Waals surface area (Å²) in [6.45, 7) is 0.131. The maximum absolute atomic E-state index is 11.0. The number of nitrogens with zero attached hydrogens (tertiary/aromatic N) is 2. The number of nitro benzene ring substituents is 2. The molecule has 2 rings (SSSR count). The fourth-order valence-corrected chi connectivity index (χ4v) is 2.13. The zero-order valence-electron chi connectivity index (χ0n) is 10.6. The second kappa shape index (κ2) is 6.31. The minimum absolute atomic E-state index is 0.0265. The first-order chi connectivity index (χ1) is 9.99. The van der Waals surface area contributed by atoms with Gasteiger partial charge in [0.05, 0.1) is 20.4 Å². The third-order valence-corrected chi connectivity index (χ3v) is 3.29. The van der Waals surface area contributed by atoms with E-state index in [4.69, 9.17) is 4.74 Å². The van der Waals surface area contributed by atoms with Gasteiger partial charge in [-0.2, -0.15) is 0 Å². The first-order valence-electron chi connectivity index (χ1n) is 5.78. The molecule has 0 heterocycles. The van der Waals surface area contributed by atoms with E-state index in [0.717, 1.165) is 11.6 Å². The van der Waals surface area contributed by atoms with E-state index in [1.165, 1.54) is 6.07 Å². The standard InChI is InChI=1S/C13H9BrN2O5/c14-10-6-13(21-8-9-4-2-1-3-5-9)12(16(19)20)7-11(10)15(17)18/h1-7H,8H2. The topological polar surface area (TPSA) is 95.5 Å². The molecule has 21 heavy (non-hydrogen) atoms. The van der Waals surface area contributed by atoms with Crippen LogP contribution in [-0.4, -0.2) is 9.85 Å². The molecule has 0 bridgehead atoms. The zero-order chi connectivity index (χ0) is 15.4. The molecule has 2 aromatic carbocycles. The lowest BCUT2D eigenvalue weighted by Gasteiger charge is -2.07. The molecule has 0 radical (unpaired) electrons. The number of rotatable bonds is 5. The summed E-state index contributed by atoms with van der Waals surface area (Å²) in [6.07, 6.45) is 0. The molecule has 0 atom stereocenters. The highest BCUT2D eigenvalue weighted by atomic mass is 79.9. The predicted molar refractivity (Wildman–Crippen MR) is 78.2 cm³/mol. The highest BCUT2D eigenvalue weighted by Gasteiger charge is 2.24. The predicted octanol–water partition coefficient (Wildman–Crippen LogP) is 3.84. The number of benzene rings is 2. The Bertz CT molecular complexity index is 690. The number of nitro groups is 2. The van der Waals surface area contributed by atoms with Crippen LogP contribution in [0, 0.1) is 20.2 Å². The quantitative estimate of drug-likeness (QED) is 0.601. The maximum Gasteiger partial charge on any atom is 0.317 e. The van der Waals surface area contributed by atoms with Crippen molar-refractivity contribution in [1.82, 2.24) is 0 Å². The van der Waals surface area contributed by atoms with E-state index in [0.29, 0.717) is 0 Å². The summed E-state index contributed by atoms with van der Waals surface area (Å²) in [4.78, 5) is 20.4. The van der Waals surface area contributed by atoms with Crippen molar-refractivity contribution in [2.75, 3.05) is 0 Å². The number of ether oxygens (including phenoxy) is 1. The van der Waals surface area contributed by atoms with Crippen molar-refractivity contribution in [2.24, 2.45) is 0 Å². The van der Waals surface area contributed by atoms with Crippen LogP contribution in [0.25, 0.3) is 0 Å². The molecule has 0 spiro atoms. The third-order valence-electron chi connectivity index (χ3n) is 2.66. The molecule has 0 aromatic heterocycles. The minimum Gasteiger partial charge on any atom is -0.482 e. The van der Waals surface area contributed by atoms with Crippen molar-refractivity contribution in [2.45, 2.75) is 6.61 Å². The average molecular weight is 353 g/mol. The van der Waals surface area contributed by atoms with Crippen LogP contribution in [0.2, 0.25) is 0 Å². The van der Waals surface area contributed by atoms with Gasteiger partial charge in [-0.15, -0.1) is 0 Å². The van der Waals surface area contributed by atoms with Crippen molar-refractivity contribution in [3.05, 3.63) is 72.7 Å². The lowest BCUT2D eigenvalue weighted by Crippen LogP contribution is -2.01. The molecule has 0 aliphatic rings. The van der Waals surface area contributed by atoms with Crippen LogP contribution < -0.4 is 4.74 Å². The van der Waals surface area contributed by atoms with E-state index in [9.17, 15) is 20.2 Å². The smallest absolute Gasteiger partial charge is 0.317 e. The minimum atomic E-state index is -0.709. The molecule has 0 unspecified atom stereocenters. The van der Waals surface area contributed by atoms with Gasteiger partial charge in [0, 0.05) is 6.07 Å². The first-order valence-corrected chi connectivity index (χ1v) is 6.57. The van der Waals surface area contributed by atoms with Crippen LogP contribution in [0.3, 0.4) is 0 Å². The number of hydrogen-bond donors (Lipinski definition) is 0. The van der Waals surface area contributed by atoms with Gasteiger partial charge in [0.1, 0.15) is 6.61 Å². The van der Waals surface area contributed by atoms with Crippen LogP contribution >= 0.6 is 15.9 Å². The highest BCUT2D eigenvalue weighted by molar-refractivity contribution is 9.10. The summed E-state index contributed by atoms with van der Waals surface area (Å²) < 4.78 is 5.53. The van der Waals surface area contributed by atoms with Crippen molar-refractivity contribution in [1.29, 1.82) is 0 Å². The van der Waals surface area contributed by atoms with Crippen LogP contribution in [0.1, 0.15) is 5.56 Å². The van der Waals surface area contributed by atoms with Crippen LogP contribution in [0.5, 0.6) is 5.75 Å².